The number of nitrogens with zero attached hydrogens (tertiary/aromatic N) is 4. The smallest absolute Gasteiger partial charge is 0.267 e. The maximum Gasteiger partial charge on any atom is 0.267 e. The lowest BCUT2D eigenvalue weighted by Crippen LogP contribution is -2.33. The molecule has 3 aromatic heterocycles. The molecule has 1 amide bonds. The topological polar surface area (TPSA) is 81.3 Å². The zero-order valence-electron chi connectivity index (χ0n) is 15.8. The summed E-state index contributed by atoms with van der Waals surface area (Å²) in [6.45, 7) is 1.69. The highest BCUT2D eigenvalue weighted by Crippen LogP contribution is 2.38. The second-order valence-corrected chi connectivity index (χ2v) is 8.15. The van der Waals surface area contributed by atoms with Crippen molar-refractivity contribution in [2.75, 3.05) is 5.32 Å². The predicted octanol–water partition coefficient (Wildman–Crippen LogP) is 3.70. The van der Waals surface area contributed by atoms with E-state index in [0.29, 0.717) is 11.6 Å². The molecule has 3 heterocycles. The second kappa shape index (κ2) is 6.97. The molecule has 0 saturated heterocycles. The minimum atomic E-state index is -0.706. The van der Waals surface area contributed by atoms with Crippen molar-refractivity contribution in [3.8, 4) is 11.3 Å². The van der Waals surface area contributed by atoms with Gasteiger partial charge in [-0.3, -0.25) is 14.0 Å². The van der Waals surface area contributed by atoms with Crippen LogP contribution in [0.25, 0.3) is 16.2 Å². The van der Waals surface area contributed by atoms with E-state index < -0.39 is 6.04 Å². The number of hydrogen-bond donors (Lipinski definition) is 1. The van der Waals surface area contributed by atoms with Gasteiger partial charge < -0.3 is 5.32 Å². The highest BCUT2D eigenvalue weighted by Gasteiger charge is 2.27. The third-order valence-electron chi connectivity index (χ3n) is 5.11. The van der Waals surface area contributed by atoms with Gasteiger partial charge in [0.25, 0.3) is 5.56 Å². The van der Waals surface area contributed by atoms with Gasteiger partial charge in [0.05, 0.1) is 11.4 Å². The summed E-state index contributed by atoms with van der Waals surface area (Å²) in [6, 6.07) is 10.1. The molecule has 1 fully saturated rings. The summed E-state index contributed by atoms with van der Waals surface area (Å²) in [7, 11) is 0. The van der Waals surface area contributed by atoms with Crippen molar-refractivity contribution < 1.29 is 4.79 Å². The number of amides is 1. The van der Waals surface area contributed by atoms with E-state index in [4.69, 9.17) is 0 Å². The number of anilines is 1. The van der Waals surface area contributed by atoms with Crippen LogP contribution in [-0.2, 0) is 4.79 Å². The van der Waals surface area contributed by atoms with Crippen LogP contribution < -0.4 is 10.9 Å². The maximum absolute atomic E-state index is 12.8. The number of benzene rings is 1. The van der Waals surface area contributed by atoms with Gasteiger partial charge in [-0.2, -0.15) is 5.10 Å². The fraction of sp³-hybridized carbons (Fsp3) is 0.238. The van der Waals surface area contributed by atoms with Gasteiger partial charge in [0, 0.05) is 41.0 Å². The standard InChI is InChI=1S/C21H19N5O2S/c1-13(26-19(27)8-7-17(24-26)14-5-6-14)20(28)22-16-4-2-3-15(11-16)18-12-25-9-10-29-21(25)23-18/h2-4,7-14H,5-6H2,1H3,(H,22,28). The highest BCUT2D eigenvalue weighted by atomic mass is 32.1. The SMILES string of the molecule is CC(C(=O)Nc1cccc(-c2cn3ccsc3n2)c1)n1nc(C2CC2)ccc1=O. The number of fused-ring (bicyclic) bond motifs is 1. The summed E-state index contributed by atoms with van der Waals surface area (Å²) < 4.78 is 3.24. The molecule has 0 bridgehead atoms. The van der Waals surface area contributed by atoms with Crippen molar-refractivity contribution in [1.82, 2.24) is 19.2 Å². The molecule has 5 rings (SSSR count). The van der Waals surface area contributed by atoms with E-state index >= 15 is 0 Å². The van der Waals surface area contributed by atoms with Crippen molar-refractivity contribution in [2.45, 2.75) is 31.7 Å². The van der Waals surface area contributed by atoms with E-state index in [1.165, 1.54) is 10.7 Å². The molecule has 1 saturated carbocycles. The lowest BCUT2D eigenvalue weighted by molar-refractivity contribution is -0.119. The summed E-state index contributed by atoms with van der Waals surface area (Å²) >= 11 is 1.57. The second-order valence-electron chi connectivity index (χ2n) is 7.28. The Labute approximate surface area is 170 Å². The molecule has 29 heavy (non-hydrogen) atoms. The Hall–Kier alpha value is -3.26. The number of hydrogen-bond acceptors (Lipinski definition) is 5. The van der Waals surface area contributed by atoms with Crippen LogP contribution in [0.5, 0.6) is 0 Å². The number of thiazole rings is 1. The summed E-state index contributed by atoms with van der Waals surface area (Å²) in [5, 5.41) is 9.30. The van der Waals surface area contributed by atoms with E-state index in [2.05, 4.69) is 15.4 Å². The first-order valence-corrected chi connectivity index (χ1v) is 10.4. The molecule has 1 aliphatic rings. The fourth-order valence-electron chi connectivity index (χ4n) is 3.29. The number of carbonyl (C=O) groups excluding carboxylic acids is 1. The molecule has 1 unspecified atom stereocenters. The van der Waals surface area contributed by atoms with E-state index in [-0.39, 0.29) is 11.5 Å². The minimum absolute atomic E-state index is 0.274. The van der Waals surface area contributed by atoms with E-state index in [0.717, 1.165) is 34.8 Å². The Morgan fingerprint density at radius 3 is 2.93 bits per heavy atom. The molecule has 1 N–H and O–H groups in total. The van der Waals surface area contributed by atoms with Crippen LogP contribution >= 0.6 is 11.3 Å². The number of rotatable bonds is 5. The maximum atomic E-state index is 12.8. The van der Waals surface area contributed by atoms with Crippen molar-refractivity contribution in [1.29, 1.82) is 0 Å². The monoisotopic (exact) mass is 405 g/mol. The van der Waals surface area contributed by atoms with Gasteiger partial charge in [-0.15, -0.1) is 11.3 Å². The molecular weight excluding hydrogens is 386 g/mol. The molecular formula is C21H19N5O2S. The first-order valence-electron chi connectivity index (χ1n) is 9.52. The molecule has 0 spiro atoms. The van der Waals surface area contributed by atoms with E-state index in [9.17, 15) is 9.59 Å². The van der Waals surface area contributed by atoms with Crippen LogP contribution in [0, 0.1) is 0 Å². The van der Waals surface area contributed by atoms with Crippen molar-refractivity contribution >= 4 is 27.9 Å². The zero-order valence-corrected chi connectivity index (χ0v) is 16.6. The van der Waals surface area contributed by atoms with Gasteiger partial charge in [0.15, 0.2) is 4.96 Å². The van der Waals surface area contributed by atoms with Crippen molar-refractivity contribution in [3.63, 3.8) is 0 Å². The normalized spacial score (nSPS) is 14.8. The van der Waals surface area contributed by atoms with E-state index in [1.807, 2.05) is 46.4 Å². The Kier molecular flexibility index (Phi) is 4.28. The average molecular weight is 405 g/mol. The van der Waals surface area contributed by atoms with Gasteiger partial charge >= 0.3 is 0 Å². The summed E-state index contributed by atoms with van der Waals surface area (Å²) in [4.78, 5) is 30.5. The molecule has 146 valence electrons. The third-order valence-corrected chi connectivity index (χ3v) is 5.88. The first kappa shape index (κ1) is 17.8. The Morgan fingerprint density at radius 2 is 2.14 bits per heavy atom. The summed E-state index contributed by atoms with van der Waals surface area (Å²) in [6.07, 6.45) is 6.10. The van der Waals surface area contributed by atoms with Crippen LogP contribution in [0.3, 0.4) is 0 Å². The average Bonchev–Trinajstić information content (AvgIpc) is 3.34. The molecule has 1 aliphatic carbocycles. The molecule has 0 aliphatic heterocycles. The quantitative estimate of drug-likeness (QED) is 0.549. The molecule has 0 radical (unpaired) electrons. The van der Waals surface area contributed by atoms with Gasteiger partial charge in [0.1, 0.15) is 6.04 Å². The van der Waals surface area contributed by atoms with Crippen LogP contribution in [0.15, 0.2) is 59.0 Å². The Morgan fingerprint density at radius 1 is 1.28 bits per heavy atom. The molecule has 1 aromatic carbocycles. The minimum Gasteiger partial charge on any atom is -0.324 e. The predicted molar refractivity (Wildman–Crippen MR) is 112 cm³/mol. The highest BCUT2D eigenvalue weighted by molar-refractivity contribution is 7.15. The molecule has 4 aromatic rings. The van der Waals surface area contributed by atoms with Crippen molar-refractivity contribution in [3.05, 3.63) is 70.2 Å². The first-order chi connectivity index (χ1) is 14.1. The zero-order chi connectivity index (χ0) is 20.0. The van der Waals surface area contributed by atoms with Crippen LogP contribution in [0.2, 0.25) is 0 Å². The number of nitrogens with one attached hydrogen (secondary N) is 1. The largest absolute Gasteiger partial charge is 0.324 e. The summed E-state index contributed by atoms with van der Waals surface area (Å²) in [5.41, 5.74) is 3.02. The molecule has 7 nitrogen and oxygen atoms in total. The molecule has 1 atom stereocenters. The number of imidazole rings is 1. The van der Waals surface area contributed by atoms with Crippen LogP contribution in [-0.4, -0.2) is 25.1 Å². The van der Waals surface area contributed by atoms with Gasteiger partial charge in [-0.1, -0.05) is 12.1 Å². The Bertz CT molecular complexity index is 1240. The number of carbonyl (C=O) groups is 1. The van der Waals surface area contributed by atoms with Crippen LogP contribution in [0.4, 0.5) is 5.69 Å². The number of aromatic nitrogens is 4. The van der Waals surface area contributed by atoms with Gasteiger partial charge in [0.2, 0.25) is 5.91 Å². The van der Waals surface area contributed by atoms with Gasteiger partial charge in [-0.25, -0.2) is 9.67 Å². The summed E-state index contributed by atoms with van der Waals surface area (Å²) in [5.74, 6) is 0.133. The lowest BCUT2D eigenvalue weighted by atomic mass is 10.1. The van der Waals surface area contributed by atoms with E-state index in [1.54, 1.807) is 24.3 Å². The Balaban J connectivity index is 1.37. The third kappa shape index (κ3) is 3.47. The van der Waals surface area contributed by atoms with Gasteiger partial charge in [-0.05, 0) is 38.0 Å². The fourth-order valence-corrected chi connectivity index (χ4v) is 3.99. The van der Waals surface area contributed by atoms with Crippen molar-refractivity contribution in [2.24, 2.45) is 0 Å². The van der Waals surface area contributed by atoms with Crippen LogP contribution in [0.1, 0.15) is 37.4 Å². The molecule has 8 heteroatoms. The lowest BCUT2D eigenvalue weighted by Gasteiger charge is -2.15.